The van der Waals surface area contributed by atoms with Gasteiger partial charge in [-0.3, -0.25) is 5.43 Å². The normalized spacial score (nSPS) is 12.8. The van der Waals surface area contributed by atoms with E-state index < -0.39 is 0 Å². The monoisotopic (exact) mass is 312 g/mol. The quantitative estimate of drug-likeness (QED) is 0.490. The molecule has 8 nitrogen and oxygen atoms in total. The Bertz CT molecular complexity index is 767. The summed E-state index contributed by atoms with van der Waals surface area (Å²) >= 11 is 1.41. The molecule has 0 amide bonds. The van der Waals surface area contributed by atoms with E-state index in [1.54, 1.807) is 0 Å². The molecule has 0 unspecified atom stereocenters. The molecular weight excluding hydrogens is 300 g/mol. The Kier molecular flexibility index (Phi) is 4.04. The van der Waals surface area contributed by atoms with Crippen LogP contribution in [0.4, 0.5) is 11.5 Å². The van der Waals surface area contributed by atoms with Crippen molar-refractivity contribution in [3.63, 3.8) is 0 Å². The number of nitrogens with zero attached hydrogens (tertiary/aromatic N) is 4. The number of rotatable bonds is 4. The highest BCUT2D eigenvalue weighted by molar-refractivity contribution is 7.98. The van der Waals surface area contributed by atoms with Crippen molar-refractivity contribution in [2.75, 3.05) is 11.6 Å². The molecule has 4 N–H and O–H groups in total. The van der Waals surface area contributed by atoms with E-state index in [-0.39, 0.29) is 0 Å². The van der Waals surface area contributed by atoms with Crippen LogP contribution in [0.3, 0.4) is 0 Å². The molecule has 0 fully saturated rings. The Morgan fingerprint density at radius 2 is 2.18 bits per heavy atom. The molecule has 2 aromatic rings. The molecule has 0 saturated carbocycles. The molecule has 0 atom stereocenters. The van der Waals surface area contributed by atoms with Crippen LogP contribution in [0.1, 0.15) is 11.1 Å². The van der Waals surface area contributed by atoms with Gasteiger partial charge in [-0.25, -0.2) is 15.5 Å². The van der Waals surface area contributed by atoms with E-state index in [1.165, 1.54) is 18.0 Å². The van der Waals surface area contributed by atoms with E-state index >= 15 is 0 Å². The Morgan fingerprint density at radius 1 is 1.32 bits per heavy atom. The molecule has 0 spiro atoms. The number of hydrogen-bond donors (Lipinski definition) is 4. The van der Waals surface area contributed by atoms with Crippen LogP contribution in [0.25, 0.3) is 0 Å². The summed E-state index contributed by atoms with van der Waals surface area (Å²) in [5, 5.41) is 17.1. The van der Waals surface area contributed by atoms with Crippen LogP contribution >= 0.6 is 11.8 Å². The van der Waals surface area contributed by atoms with Crippen molar-refractivity contribution < 1.29 is 0 Å². The molecule has 22 heavy (non-hydrogen) atoms. The van der Waals surface area contributed by atoms with Gasteiger partial charge in [-0.15, -0.1) is 10.6 Å². The summed E-state index contributed by atoms with van der Waals surface area (Å²) in [6, 6.07) is 9.68. The number of nitriles is 1. The lowest BCUT2D eigenvalue weighted by molar-refractivity contribution is 0.577. The summed E-state index contributed by atoms with van der Waals surface area (Å²) in [6.45, 7) is 0. The van der Waals surface area contributed by atoms with Gasteiger partial charge in [-0.2, -0.15) is 5.26 Å². The smallest absolute Gasteiger partial charge is 0.189 e. The number of thioether (sulfide) groups is 1. The minimum atomic E-state index is 0.380. The first-order valence-electron chi connectivity index (χ1n) is 6.33. The summed E-state index contributed by atoms with van der Waals surface area (Å²) in [4.78, 5) is 8.46. The number of benzene rings is 1. The van der Waals surface area contributed by atoms with Crippen LogP contribution in [0, 0.1) is 11.3 Å². The van der Waals surface area contributed by atoms with Gasteiger partial charge in [0.25, 0.3) is 0 Å². The van der Waals surface area contributed by atoms with Gasteiger partial charge in [-0.05, 0) is 18.4 Å². The number of hydrogen-bond acceptors (Lipinski definition) is 9. The van der Waals surface area contributed by atoms with Crippen molar-refractivity contribution in [1.29, 1.82) is 5.26 Å². The SMILES string of the molecule is CSc1ncc(C#N)c(Nc2ccccc2C2=NNNN2)n1. The van der Waals surface area contributed by atoms with Crippen LogP contribution in [0.15, 0.2) is 40.7 Å². The van der Waals surface area contributed by atoms with Gasteiger partial charge in [0.05, 0.1) is 11.9 Å². The molecule has 0 radical (unpaired) electrons. The zero-order valence-corrected chi connectivity index (χ0v) is 12.4. The third-order valence-corrected chi connectivity index (χ3v) is 3.47. The predicted octanol–water partition coefficient (Wildman–Crippen LogP) is 1.09. The molecule has 0 aliphatic carbocycles. The molecule has 2 heterocycles. The fourth-order valence-corrected chi connectivity index (χ4v) is 2.23. The minimum absolute atomic E-state index is 0.380. The molecule has 1 aliphatic heterocycles. The zero-order valence-electron chi connectivity index (χ0n) is 11.6. The maximum Gasteiger partial charge on any atom is 0.189 e. The lowest BCUT2D eigenvalue weighted by atomic mass is 10.1. The summed E-state index contributed by atoms with van der Waals surface area (Å²) in [6.07, 6.45) is 3.39. The highest BCUT2D eigenvalue weighted by Gasteiger charge is 2.14. The number of hydrazone groups is 1. The predicted molar refractivity (Wildman–Crippen MR) is 84.2 cm³/mol. The van der Waals surface area contributed by atoms with Crippen LogP contribution in [0.5, 0.6) is 0 Å². The first-order chi connectivity index (χ1) is 10.8. The van der Waals surface area contributed by atoms with Crippen molar-refractivity contribution in [3.8, 4) is 6.07 Å². The highest BCUT2D eigenvalue weighted by atomic mass is 32.2. The molecule has 3 rings (SSSR count). The maximum absolute atomic E-state index is 9.21. The molecule has 1 aromatic carbocycles. The number of hydrazine groups is 2. The summed E-state index contributed by atoms with van der Waals surface area (Å²) in [7, 11) is 0. The Morgan fingerprint density at radius 3 is 2.91 bits per heavy atom. The highest BCUT2D eigenvalue weighted by Crippen LogP contribution is 2.23. The Hall–Kier alpha value is -2.83. The second-order valence-corrected chi connectivity index (χ2v) is 5.00. The second kappa shape index (κ2) is 6.30. The molecule has 9 heteroatoms. The standard InChI is InChI=1S/C13H12N8S/c1-22-13-15-7-8(6-14)11(17-13)16-10-5-3-2-4-9(10)12-18-20-21-19-12/h2-5,7,20-21H,1H3,(H,18,19)(H,15,16,17). The molecule has 1 aromatic heterocycles. The van der Waals surface area contributed by atoms with E-state index in [0.29, 0.717) is 22.4 Å². The van der Waals surface area contributed by atoms with Gasteiger partial charge >= 0.3 is 0 Å². The van der Waals surface area contributed by atoms with Gasteiger partial charge in [0, 0.05) is 5.56 Å². The van der Waals surface area contributed by atoms with Gasteiger partial charge in [0.2, 0.25) is 0 Å². The van der Waals surface area contributed by atoms with Gasteiger partial charge in [0.1, 0.15) is 11.6 Å². The number of amidine groups is 1. The number of para-hydroxylation sites is 1. The largest absolute Gasteiger partial charge is 0.338 e. The van der Waals surface area contributed by atoms with Gasteiger partial charge in [0.15, 0.2) is 16.8 Å². The van der Waals surface area contributed by atoms with E-state index in [1.807, 2.05) is 30.5 Å². The summed E-state index contributed by atoms with van der Waals surface area (Å²) in [5.41, 5.74) is 10.2. The summed E-state index contributed by atoms with van der Waals surface area (Å²) in [5.74, 6) is 1.11. The fourth-order valence-electron chi connectivity index (χ4n) is 1.89. The third kappa shape index (κ3) is 2.78. The van der Waals surface area contributed by atoms with Crippen molar-refractivity contribution in [2.24, 2.45) is 5.10 Å². The average molecular weight is 312 g/mol. The zero-order chi connectivity index (χ0) is 15.4. The van der Waals surface area contributed by atoms with Crippen LogP contribution in [0.2, 0.25) is 0 Å². The second-order valence-electron chi connectivity index (χ2n) is 4.22. The van der Waals surface area contributed by atoms with Crippen molar-refractivity contribution in [1.82, 2.24) is 26.5 Å². The molecular formula is C13H12N8S. The third-order valence-electron chi connectivity index (χ3n) is 2.91. The van der Waals surface area contributed by atoms with Crippen molar-refractivity contribution >= 4 is 29.1 Å². The number of aromatic nitrogens is 2. The van der Waals surface area contributed by atoms with Crippen molar-refractivity contribution in [2.45, 2.75) is 5.16 Å². The van der Waals surface area contributed by atoms with Crippen LogP contribution < -0.4 is 21.8 Å². The lowest BCUT2D eigenvalue weighted by Gasteiger charge is -2.12. The molecule has 110 valence electrons. The van der Waals surface area contributed by atoms with Gasteiger partial charge < -0.3 is 5.32 Å². The first-order valence-corrected chi connectivity index (χ1v) is 7.55. The van der Waals surface area contributed by atoms with Gasteiger partial charge in [-0.1, -0.05) is 23.9 Å². The van der Waals surface area contributed by atoms with Crippen LogP contribution in [-0.2, 0) is 0 Å². The number of nitrogens with one attached hydrogen (secondary N) is 4. The van der Waals surface area contributed by atoms with Crippen LogP contribution in [-0.4, -0.2) is 22.1 Å². The summed E-state index contributed by atoms with van der Waals surface area (Å²) < 4.78 is 0. The fraction of sp³-hybridized carbons (Fsp3) is 0.0769. The van der Waals surface area contributed by atoms with E-state index in [4.69, 9.17) is 0 Å². The minimum Gasteiger partial charge on any atom is -0.338 e. The van der Waals surface area contributed by atoms with E-state index in [9.17, 15) is 5.26 Å². The van der Waals surface area contributed by atoms with E-state index in [0.717, 1.165) is 11.3 Å². The Balaban J connectivity index is 1.99. The first kappa shape index (κ1) is 14.1. The molecule has 1 aliphatic rings. The average Bonchev–Trinajstić information content (AvgIpc) is 3.09. The molecule has 0 saturated heterocycles. The molecule has 0 bridgehead atoms. The lowest BCUT2D eigenvalue weighted by Crippen LogP contribution is -2.35. The maximum atomic E-state index is 9.21. The van der Waals surface area contributed by atoms with E-state index in [2.05, 4.69) is 43.0 Å². The Labute approximate surface area is 131 Å². The van der Waals surface area contributed by atoms with Crippen molar-refractivity contribution in [3.05, 3.63) is 41.6 Å². The number of anilines is 2. The topological polar surface area (TPSA) is 110 Å².